The lowest BCUT2D eigenvalue weighted by Gasteiger charge is -2.22. The Morgan fingerprint density at radius 2 is 1.90 bits per heavy atom. The number of hydrogen-bond donors (Lipinski definition) is 0. The third kappa shape index (κ3) is 1.69. The zero-order valence-electron chi connectivity index (χ0n) is 7.32. The number of Topliss-reactive ketones (excluding diaryl/α,β-unsaturated/α-hetero) is 1. The molecule has 0 amide bonds. The summed E-state index contributed by atoms with van der Waals surface area (Å²) >= 11 is 0. The summed E-state index contributed by atoms with van der Waals surface area (Å²) in [6.45, 7) is 11.4. The van der Waals surface area contributed by atoms with Crippen LogP contribution in [0.5, 0.6) is 0 Å². The average molecular weight is 140 g/mol. The molecular formula is C9H16O. The summed E-state index contributed by atoms with van der Waals surface area (Å²) in [6.07, 6.45) is 0.597. The molecule has 0 aromatic heterocycles. The van der Waals surface area contributed by atoms with E-state index in [1.54, 1.807) is 0 Å². The minimum Gasteiger partial charge on any atom is -0.299 e. The van der Waals surface area contributed by atoms with Crippen LogP contribution in [0.3, 0.4) is 0 Å². The number of ketones is 1. The fourth-order valence-corrected chi connectivity index (χ4v) is 0.680. The van der Waals surface area contributed by atoms with Crippen LogP contribution in [0.25, 0.3) is 0 Å². The molecule has 0 spiro atoms. The van der Waals surface area contributed by atoms with Crippen LogP contribution in [-0.4, -0.2) is 5.78 Å². The van der Waals surface area contributed by atoms with E-state index in [-0.39, 0.29) is 11.2 Å². The molecule has 0 radical (unpaired) electrons. The quantitative estimate of drug-likeness (QED) is 0.551. The highest BCUT2D eigenvalue weighted by Gasteiger charge is 2.25. The van der Waals surface area contributed by atoms with Crippen molar-refractivity contribution >= 4 is 5.78 Å². The van der Waals surface area contributed by atoms with Crippen molar-refractivity contribution in [3.05, 3.63) is 12.2 Å². The maximum Gasteiger partial charge on any atom is 0.142 e. The van der Waals surface area contributed by atoms with Crippen molar-refractivity contribution in [3.63, 3.8) is 0 Å². The second-order valence-corrected chi connectivity index (χ2v) is 3.18. The van der Waals surface area contributed by atoms with Gasteiger partial charge in [-0.1, -0.05) is 19.1 Å². The van der Waals surface area contributed by atoms with Crippen molar-refractivity contribution in [1.29, 1.82) is 0 Å². The third-order valence-electron chi connectivity index (χ3n) is 2.09. The lowest BCUT2D eigenvalue weighted by Crippen LogP contribution is -2.23. The highest BCUT2D eigenvalue weighted by atomic mass is 16.1. The highest BCUT2D eigenvalue weighted by molar-refractivity contribution is 5.86. The van der Waals surface area contributed by atoms with Crippen LogP contribution >= 0.6 is 0 Å². The van der Waals surface area contributed by atoms with Crippen molar-refractivity contribution in [2.24, 2.45) is 5.41 Å². The van der Waals surface area contributed by atoms with Crippen molar-refractivity contribution in [2.75, 3.05) is 0 Å². The summed E-state index contributed by atoms with van der Waals surface area (Å²) in [7, 11) is 0. The molecule has 0 saturated carbocycles. The normalized spacial score (nSPS) is 11.2. The van der Waals surface area contributed by atoms with Crippen molar-refractivity contribution in [3.8, 4) is 0 Å². The van der Waals surface area contributed by atoms with Crippen molar-refractivity contribution in [1.82, 2.24) is 0 Å². The van der Waals surface area contributed by atoms with E-state index in [2.05, 4.69) is 6.58 Å². The standard InChI is InChI=1S/C9H16O/c1-6-8(10)9(4,5)7(2)3/h2,6H2,1,3-5H3. The van der Waals surface area contributed by atoms with Crippen LogP contribution in [0, 0.1) is 5.41 Å². The number of hydrogen-bond acceptors (Lipinski definition) is 1. The molecule has 0 aromatic carbocycles. The van der Waals surface area contributed by atoms with Crippen LogP contribution in [0.4, 0.5) is 0 Å². The van der Waals surface area contributed by atoms with E-state index in [9.17, 15) is 4.79 Å². The summed E-state index contributed by atoms with van der Waals surface area (Å²) in [5.74, 6) is 0.264. The Morgan fingerprint density at radius 1 is 1.50 bits per heavy atom. The van der Waals surface area contributed by atoms with E-state index < -0.39 is 0 Å². The molecule has 0 saturated heterocycles. The van der Waals surface area contributed by atoms with Gasteiger partial charge in [-0.3, -0.25) is 4.79 Å². The number of carbonyl (C=O) groups excluding carboxylic acids is 1. The van der Waals surface area contributed by atoms with Gasteiger partial charge in [0.25, 0.3) is 0 Å². The second kappa shape index (κ2) is 3.00. The van der Waals surface area contributed by atoms with Crippen LogP contribution in [0.1, 0.15) is 34.1 Å². The first-order valence-corrected chi connectivity index (χ1v) is 3.62. The van der Waals surface area contributed by atoms with E-state index in [0.717, 1.165) is 5.57 Å². The topological polar surface area (TPSA) is 17.1 Å². The predicted molar refractivity (Wildman–Crippen MR) is 43.9 cm³/mol. The lowest BCUT2D eigenvalue weighted by molar-refractivity contribution is -0.125. The molecule has 0 aliphatic rings. The molecule has 1 nitrogen and oxygen atoms in total. The largest absolute Gasteiger partial charge is 0.299 e. The fourth-order valence-electron chi connectivity index (χ4n) is 0.680. The van der Waals surface area contributed by atoms with E-state index in [4.69, 9.17) is 0 Å². The first kappa shape index (κ1) is 9.41. The molecule has 0 aliphatic heterocycles. The summed E-state index contributed by atoms with van der Waals surface area (Å²) in [4.78, 5) is 11.2. The van der Waals surface area contributed by atoms with E-state index >= 15 is 0 Å². The SMILES string of the molecule is C=C(C)C(C)(C)C(=O)CC. The molecule has 0 fully saturated rings. The molecule has 0 heterocycles. The Hall–Kier alpha value is -0.590. The van der Waals surface area contributed by atoms with Gasteiger partial charge in [0.05, 0.1) is 0 Å². The molecule has 0 rings (SSSR count). The zero-order valence-corrected chi connectivity index (χ0v) is 7.32. The predicted octanol–water partition coefficient (Wildman–Crippen LogP) is 2.57. The molecule has 0 bridgehead atoms. The molecular weight excluding hydrogens is 124 g/mol. The van der Waals surface area contributed by atoms with E-state index in [0.29, 0.717) is 6.42 Å². The van der Waals surface area contributed by atoms with Gasteiger partial charge in [-0.25, -0.2) is 0 Å². The maximum atomic E-state index is 11.2. The summed E-state index contributed by atoms with van der Waals surface area (Å²) in [5, 5.41) is 0. The van der Waals surface area contributed by atoms with Crippen LogP contribution in [-0.2, 0) is 4.79 Å². The van der Waals surface area contributed by atoms with Gasteiger partial charge in [0, 0.05) is 11.8 Å². The summed E-state index contributed by atoms with van der Waals surface area (Å²) in [5.41, 5.74) is 0.619. The molecule has 0 N–H and O–H groups in total. The Bertz CT molecular complexity index is 154. The highest BCUT2D eigenvalue weighted by Crippen LogP contribution is 2.26. The minimum atomic E-state index is -0.325. The van der Waals surface area contributed by atoms with Crippen LogP contribution < -0.4 is 0 Å². The molecule has 10 heavy (non-hydrogen) atoms. The van der Waals surface area contributed by atoms with Gasteiger partial charge in [0.1, 0.15) is 5.78 Å². The second-order valence-electron chi connectivity index (χ2n) is 3.18. The van der Waals surface area contributed by atoms with Gasteiger partial charge in [-0.2, -0.15) is 0 Å². The summed E-state index contributed by atoms with van der Waals surface area (Å²) < 4.78 is 0. The first-order chi connectivity index (χ1) is 4.42. The van der Waals surface area contributed by atoms with Gasteiger partial charge in [0.2, 0.25) is 0 Å². The molecule has 0 aliphatic carbocycles. The Balaban J connectivity index is 4.40. The smallest absolute Gasteiger partial charge is 0.142 e. The van der Waals surface area contributed by atoms with Crippen LogP contribution in [0.15, 0.2) is 12.2 Å². The van der Waals surface area contributed by atoms with Gasteiger partial charge < -0.3 is 0 Å². The first-order valence-electron chi connectivity index (χ1n) is 3.62. The Morgan fingerprint density at radius 3 is 2.00 bits per heavy atom. The van der Waals surface area contributed by atoms with E-state index in [1.807, 2.05) is 27.7 Å². The summed E-state index contributed by atoms with van der Waals surface area (Å²) in [6, 6.07) is 0. The Labute approximate surface area is 63.1 Å². The maximum absolute atomic E-state index is 11.2. The molecule has 0 unspecified atom stereocenters. The van der Waals surface area contributed by atoms with Gasteiger partial charge in [-0.05, 0) is 20.8 Å². The average Bonchev–Trinajstić information content (AvgIpc) is 1.86. The minimum absolute atomic E-state index is 0.264. The number of carbonyl (C=O) groups is 1. The van der Waals surface area contributed by atoms with Gasteiger partial charge >= 0.3 is 0 Å². The number of allylic oxidation sites excluding steroid dienone is 1. The molecule has 1 heteroatoms. The zero-order chi connectivity index (χ0) is 8.36. The fraction of sp³-hybridized carbons (Fsp3) is 0.667. The van der Waals surface area contributed by atoms with Gasteiger partial charge in [0.15, 0.2) is 0 Å². The third-order valence-corrected chi connectivity index (χ3v) is 2.09. The molecule has 0 atom stereocenters. The number of rotatable bonds is 3. The Kier molecular flexibility index (Phi) is 2.82. The molecule has 0 aromatic rings. The van der Waals surface area contributed by atoms with Crippen molar-refractivity contribution < 1.29 is 4.79 Å². The van der Waals surface area contributed by atoms with Crippen molar-refractivity contribution in [2.45, 2.75) is 34.1 Å². The molecule has 58 valence electrons. The van der Waals surface area contributed by atoms with Crippen LogP contribution in [0.2, 0.25) is 0 Å². The monoisotopic (exact) mass is 140 g/mol. The van der Waals surface area contributed by atoms with E-state index in [1.165, 1.54) is 0 Å². The lowest BCUT2D eigenvalue weighted by atomic mass is 9.81. The van der Waals surface area contributed by atoms with Gasteiger partial charge in [-0.15, -0.1) is 0 Å².